The SMILES string of the molecule is COC(=O)c1ccc(C(=O)N(Cc2ccccc2)c2nc3c(C)cc(C)cc3s2)cc1. The van der Waals surface area contributed by atoms with Gasteiger partial charge in [-0.1, -0.05) is 47.7 Å². The number of ether oxygens (including phenoxy) is 1. The van der Waals surface area contributed by atoms with Gasteiger partial charge in [-0.2, -0.15) is 0 Å². The van der Waals surface area contributed by atoms with Gasteiger partial charge in [-0.05, 0) is 60.9 Å². The Morgan fingerprint density at radius 3 is 2.32 bits per heavy atom. The molecule has 0 atom stereocenters. The molecule has 6 heteroatoms. The summed E-state index contributed by atoms with van der Waals surface area (Å²) in [6, 6.07) is 20.5. The average molecular weight is 431 g/mol. The second kappa shape index (κ2) is 8.70. The molecule has 0 fully saturated rings. The first kappa shape index (κ1) is 20.8. The van der Waals surface area contributed by atoms with E-state index in [-0.39, 0.29) is 5.91 Å². The number of thiazole rings is 1. The normalized spacial score (nSPS) is 10.8. The standard InChI is InChI=1S/C25H22N2O3S/c1-16-13-17(2)22-21(14-16)31-25(26-22)27(15-18-7-5-4-6-8-18)23(28)19-9-11-20(12-10-19)24(29)30-3/h4-14H,15H2,1-3H3. The van der Waals surface area contributed by atoms with Crippen LogP contribution in [0.15, 0.2) is 66.7 Å². The summed E-state index contributed by atoms with van der Waals surface area (Å²) >= 11 is 1.51. The van der Waals surface area contributed by atoms with Gasteiger partial charge in [-0.3, -0.25) is 9.69 Å². The minimum absolute atomic E-state index is 0.172. The highest BCUT2D eigenvalue weighted by molar-refractivity contribution is 7.22. The summed E-state index contributed by atoms with van der Waals surface area (Å²) < 4.78 is 5.80. The van der Waals surface area contributed by atoms with Gasteiger partial charge in [0, 0.05) is 5.56 Å². The van der Waals surface area contributed by atoms with E-state index < -0.39 is 5.97 Å². The molecule has 0 aliphatic carbocycles. The largest absolute Gasteiger partial charge is 0.465 e. The number of methoxy groups -OCH3 is 1. The first-order chi connectivity index (χ1) is 15.0. The molecule has 0 unspecified atom stereocenters. The van der Waals surface area contributed by atoms with Crippen LogP contribution >= 0.6 is 11.3 Å². The van der Waals surface area contributed by atoms with E-state index in [4.69, 9.17) is 9.72 Å². The smallest absolute Gasteiger partial charge is 0.337 e. The van der Waals surface area contributed by atoms with E-state index in [9.17, 15) is 9.59 Å². The molecule has 0 N–H and O–H groups in total. The Kier molecular flexibility index (Phi) is 5.82. The Balaban J connectivity index is 1.75. The minimum Gasteiger partial charge on any atom is -0.465 e. The molecule has 0 spiro atoms. The van der Waals surface area contributed by atoms with Crippen molar-refractivity contribution < 1.29 is 14.3 Å². The summed E-state index contributed by atoms with van der Waals surface area (Å²) in [7, 11) is 1.33. The highest BCUT2D eigenvalue weighted by Crippen LogP contribution is 2.33. The quantitative estimate of drug-likeness (QED) is 0.390. The van der Waals surface area contributed by atoms with Crippen molar-refractivity contribution in [2.24, 2.45) is 0 Å². The lowest BCUT2D eigenvalue weighted by Crippen LogP contribution is -2.30. The van der Waals surface area contributed by atoms with Crippen molar-refractivity contribution in [1.82, 2.24) is 4.98 Å². The maximum atomic E-state index is 13.5. The number of hydrogen-bond acceptors (Lipinski definition) is 5. The van der Waals surface area contributed by atoms with Crippen LogP contribution in [-0.4, -0.2) is 24.0 Å². The fourth-order valence-corrected chi connectivity index (χ4v) is 4.63. The zero-order valence-corrected chi connectivity index (χ0v) is 18.4. The van der Waals surface area contributed by atoms with E-state index in [0.717, 1.165) is 21.3 Å². The molecule has 5 nitrogen and oxygen atoms in total. The summed E-state index contributed by atoms with van der Waals surface area (Å²) in [5, 5.41) is 0.648. The molecule has 0 bridgehead atoms. The third-order valence-electron chi connectivity index (χ3n) is 5.03. The highest BCUT2D eigenvalue weighted by atomic mass is 32.1. The van der Waals surface area contributed by atoms with Crippen LogP contribution in [0.1, 0.15) is 37.4 Å². The fraction of sp³-hybridized carbons (Fsp3) is 0.160. The van der Waals surface area contributed by atoms with Crippen molar-refractivity contribution in [2.75, 3.05) is 12.0 Å². The van der Waals surface area contributed by atoms with Crippen molar-refractivity contribution in [3.8, 4) is 0 Å². The molecule has 31 heavy (non-hydrogen) atoms. The van der Waals surface area contributed by atoms with Crippen LogP contribution in [0, 0.1) is 13.8 Å². The molecular weight excluding hydrogens is 408 g/mol. The highest BCUT2D eigenvalue weighted by Gasteiger charge is 2.22. The molecule has 0 saturated carbocycles. The predicted octanol–water partition coefficient (Wildman–Crippen LogP) is 5.55. The Morgan fingerprint density at radius 2 is 1.65 bits per heavy atom. The number of anilines is 1. The average Bonchev–Trinajstić information content (AvgIpc) is 3.21. The first-order valence-electron chi connectivity index (χ1n) is 9.88. The number of carbonyl (C=O) groups excluding carboxylic acids is 2. The van der Waals surface area contributed by atoms with Gasteiger partial charge < -0.3 is 4.74 Å². The number of nitrogens with zero attached hydrogens (tertiary/aromatic N) is 2. The summed E-state index contributed by atoms with van der Waals surface area (Å²) in [6.45, 7) is 4.49. The zero-order chi connectivity index (χ0) is 22.0. The van der Waals surface area contributed by atoms with E-state index in [1.54, 1.807) is 29.2 Å². The molecule has 4 aromatic rings. The number of amides is 1. The van der Waals surface area contributed by atoms with E-state index in [1.165, 1.54) is 24.0 Å². The van der Waals surface area contributed by atoms with E-state index in [2.05, 4.69) is 19.1 Å². The van der Waals surface area contributed by atoms with Crippen LogP contribution in [0.25, 0.3) is 10.2 Å². The number of esters is 1. The minimum atomic E-state index is -0.433. The van der Waals surface area contributed by atoms with Crippen LogP contribution in [0.4, 0.5) is 5.13 Å². The number of rotatable bonds is 5. The van der Waals surface area contributed by atoms with Crippen molar-refractivity contribution in [3.63, 3.8) is 0 Å². The van der Waals surface area contributed by atoms with Gasteiger partial charge in [0.05, 0.1) is 29.4 Å². The maximum Gasteiger partial charge on any atom is 0.337 e. The third-order valence-corrected chi connectivity index (χ3v) is 6.06. The van der Waals surface area contributed by atoms with Crippen molar-refractivity contribution in [1.29, 1.82) is 0 Å². The van der Waals surface area contributed by atoms with Crippen LogP contribution in [0.3, 0.4) is 0 Å². The Hall–Kier alpha value is -3.51. The van der Waals surface area contributed by atoms with Crippen molar-refractivity contribution >= 4 is 38.6 Å². The lowest BCUT2D eigenvalue weighted by Gasteiger charge is -2.20. The number of aromatic nitrogens is 1. The topological polar surface area (TPSA) is 59.5 Å². The van der Waals surface area contributed by atoms with Crippen LogP contribution in [0.5, 0.6) is 0 Å². The summed E-state index contributed by atoms with van der Waals surface area (Å²) in [6.07, 6.45) is 0. The molecular formula is C25H22N2O3S. The van der Waals surface area contributed by atoms with Gasteiger partial charge in [0.25, 0.3) is 5.91 Å². The van der Waals surface area contributed by atoms with Gasteiger partial charge in [-0.15, -0.1) is 0 Å². The Bertz CT molecular complexity index is 1250. The maximum absolute atomic E-state index is 13.5. The molecule has 0 aliphatic heterocycles. The second-order valence-corrected chi connectivity index (χ2v) is 8.38. The van der Waals surface area contributed by atoms with Crippen LogP contribution < -0.4 is 4.90 Å². The molecule has 4 rings (SSSR count). The molecule has 3 aromatic carbocycles. The van der Waals surface area contributed by atoms with Crippen molar-refractivity contribution in [3.05, 3.63) is 94.5 Å². The van der Waals surface area contributed by atoms with Gasteiger partial charge in [0.15, 0.2) is 5.13 Å². The molecule has 1 heterocycles. The third kappa shape index (κ3) is 4.34. The monoisotopic (exact) mass is 430 g/mol. The Labute approximate surface area is 184 Å². The number of benzene rings is 3. The summed E-state index contributed by atoms with van der Waals surface area (Å²) in [5.41, 5.74) is 5.06. The molecule has 0 aliphatic rings. The molecule has 0 radical (unpaired) electrons. The molecule has 0 saturated heterocycles. The lowest BCUT2D eigenvalue weighted by atomic mass is 10.1. The molecule has 156 valence electrons. The Morgan fingerprint density at radius 1 is 0.968 bits per heavy atom. The molecule has 1 amide bonds. The summed E-state index contributed by atoms with van der Waals surface area (Å²) in [4.78, 5) is 31.7. The number of fused-ring (bicyclic) bond motifs is 1. The van der Waals surface area contributed by atoms with Crippen LogP contribution in [0.2, 0.25) is 0 Å². The van der Waals surface area contributed by atoms with Crippen LogP contribution in [-0.2, 0) is 11.3 Å². The van der Waals surface area contributed by atoms with Gasteiger partial charge in [0.2, 0.25) is 0 Å². The van der Waals surface area contributed by atoms with E-state index in [0.29, 0.717) is 22.8 Å². The lowest BCUT2D eigenvalue weighted by molar-refractivity contribution is 0.0600. The zero-order valence-electron chi connectivity index (χ0n) is 17.6. The van der Waals surface area contributed by atoms with Gasteiger partial charge in [-0.25, -0.2) is 9.78 Å². The number of aryl methyl sites for hydroxylation is 2. The van der Waals surface area contributed by atoms with Gasteiger partial charge in [0.1, 0.15) is 0 Å². The fourth-order valence-electron chi connectivity index (χ4n) is 3.49. The molecule has 1 aromatic heterocycles. The summed E-state index contributed by atoms with van der Waals surface area (Å²) in [5.74, 6) is -0.606. The van der Waals surface area contributed by atoms with Crippen molar-refractivity contribution in [2.45, 2.75) is 20.4 Å². The first-order valence-corrected chi connectivity index (χ1v) is 10.7. The van der Waals surface area contributed by atoms with E-state index >= 15 is 0 Å². The number of carbonyl (C=O) groups is 2. The van der Waals surface area contributed by atoms with E-state index in [1.807, 2.05) is 37.3 Å². The number of hydrogen-bond donors (Lipinski definition) is 0. The second-order valence-electron chi connectivity index (χ2n) is 7.37. The predicted molar refractivity (Wildman–Crippen MR) is 124 cm³/mol. The van der Waals surface area contributed by atoms with Gasteiger partial charge >= 0.3 is 5.97 Å².